The van der Waals surface area contributed by atoms with Crippen LogP contribution in [0.4, 0.5) is 0 Å². The molecule has 2 atom stereocenters. The lowest BCUT2D eigenvalue weighted by Gasteiger charge is -2.21. The number of aliphatic hydroxyl groups excluding tert-OH is 1. The normalized spacial score (nSPS) is 15.9. The molecule has 0 saturated heterocycles. The van der Waals surface area contributed by atoms with Gasteiger partial charge in [0.25, 0.3) is 0 Å². The average molecular weight is 197 g/mol. The molecule has 80 valence electrons. The van der Waals surface area contributed by atoms with Crippen LogP contribution in [0.25, 0.3) is 0 Å². The highest BCUT2D eigenvalue weighted by Gasteiger charge is 2.14. The Morgan fingerprint density at radius 2 is 2.21 bits per heavy atom. The molecule has 2 unspecified atom stereocenters. The van der Waals surface area contributed by atoms with E-state index in [9.17, 15) is 5.11 Å². The first kappa shape index (κ1) is 11.2. The SMILES string of the molecule is CC(CC(O)c1cnn(C)c1)N(C)C. The van der Waals surface area contributed by atoms with Gasteiger partial charge in [-0.1, -0.05) is 0 Å². The van der Waals surface area contributed by atoms with Crippen molar-refractivity contribution in [2.24, 2.45) is 7.05 Å². The molecule has 0 aromatic carbocycles. The molecule has 4 heteroatoms. The van der Waals surface area contributed by atoms with Crippen LogP contribution < -0.4 is 0 Å². The third-order valence-corrected chi connectivity index (χ3v) is 2.56. The zero-order chi connectivity index (χ0) is 10.7. The summed E-state index contributed by atoms with van der Waals surface area (Å²) in [6, 6.07) is 0.366. The minimum atomic E-state index is -0.416. The van der Waals surface area contributed by atoms with Crippen LogP contribution in [0.3, 0.4) is 0 Å². The molecule has 1 rings (SSSR count). The standard InChI is InChI=1S/C10H19N3O/c1-8(12(2)3)5-10(14)9-6-11-13(4)7-9/h6-8,10,14H,5H2,1-4H3. The molecule has 0 spiro atoms. The smallest absolute Gasteiger partial charge is 0.0835 e. The fourth-order valence-corrected chi connectivity index (χ4v) is 1.28. The topological polar surface area (TPSA) is 41.3 Å². The number of aliphatic hydroxyl groups is 1. The van der Waals surface area contributed by atoms with Gasteiger partial charge in [-0.25, -0.2) is 0 Å². The van der Waals surface area contributed by atoms with Gasteiger partial charge in [0.1, 0.15) is 0 Å². The van der Waals surface area contributed by atoms with Gasteiger partial charge in [-0.2, -0.15) is 5.10 Å². The van der Waals surface area contributed by atoms with Crippen LogP contribution in [0.2, 0.25) is 0 Å². The minimum Gasteiger partial charge on any atom is -0.388 e. The van der Waals surface area contributed by atoms with Crippen molar-refractivity contribution in [2.45, 2.75) is 25.5 Å². The van der Waals surface area contributed by atoms with E-state index in [2.05, 4.69) is 16.9 Å². The van der Waals surface area contributed by atoms with Crippen molar-refractivity contribution in [3.8, 4) is 0 Å². The summed E-state index contributed by atoms with van der Waals surface area (Å²) in [7, 11) is 5.88. The van der Waals surface area contributed by atoms with Crippen molar-refractivity contribution in [3.63, 3.8) is 0 Å². The molecule has 1 N–H and O–H groups in total. The van der Waals surface area contributed by atoms with E-state index in [0.717, 1.165) is 12.0 Å². The zero-order valence-corrected chi connectivity index (χ0v) is 9.31. The van der Waals surface area contributed by atoms with Gasteiger partial charge in [-0.15, -0.1) is 0 Å². The van der Waals surface area contributed by atoms with E-state index in [1.54, 1.807) is 10.9 Å². The van der Waals surface area contributed by atoms with E-state index in [-0.39, 0.29) is 0 Å². The number of nitrogens with zero attached hydrogens (tertiary/aromatic N) is 3. The van der Waals surface area contributed by atoms with E-state index in [0.29, 0.717) is 6.04 Å². The highest BCUT2D eigenvalue weighted by molar-refractivity contribution is 5.07. The monoisotopic (exact) mass is 197 g/mol. The van der Waals surface area contributed by atoms with E-state index < -0.39 is 6.10 Å². The predicted octanol–water partition coefficient (Wildman–Crippen LogP) is 0.794. The maximum Gasteiger partial charge on any atom is 0.0835 e. The van der Waals surface area contributed by atoms with E-state index in [1.807, 2.05) is 27.3 Å². The highest BCUT2D eigenvalue weighted by atomic mass is 16.3. The number of aryl methyl sites for hydroxylation is 1. The van der Waals surface area contributed by atoms with Crippen LogP contribution in [0, 0.1) is 0 Å². The fraction of sp³-hybridized carbons (Fsp3) is 0.700. The third kappa shape index (κ3) is 2.82. The minimum absolute atomic E-state index is 0.366. The van der Waals surface area contributed by atoms with Crippen LogP contribution in [-0.2, 0) is 7.05 Å². The first-order valence-corrected chi connectivity index (χ1v) is 4.83. The Kier molecular flexibility index (Phi) is 3.66. The Labute approximate surface area is 85.1 Å². The lowest BCUT2D eigenvalue weighted by molar-refractivity contribution is 0.130. The second-order valence-electron chi connectivity index (χ2n) is 4.01. The Hall–Kier alpha value is -0.870. The summed E-state index contributed by atoms with van der Waals surface area (Å²) in [6.45, 7) is 2.10. The first-order chi connectivity index (χ1) is 6.50. The van der Waals surface area contributed by atoms with Crippen molar-refractivity contribution >= 4 is 0 Å². The van der Waals surface area contributed by atoms with Crippen molar-refractivity contribution in [1.29, 1.82) is 0 Å². The van der Waals surface area contributed by atoms with E-state index in [1.165, 1.54) is 0 Å². The number of rotatable bonds is 4. The van der Waals surface area contributed by atoms with Crippen molar-refractivity contribution in [2.75, 3.05) is 14.1 Å². The van der Waals surface area contributed by atoms with Crippen molar-refractivity contribution in [1.82, 2.24) is 14.7 Å². The number of aromatic nitrogens is 2. The predicted molar refractivity (Wildman–Crippen MR) is 55.9 cm³/mol. The molecule has 14 heavy (non-hydrogen) atoms. The second-order valence-corrected chi connectivity index (χ2v) is 4.01. The summed E-state index contributed by atoms with van der Waals surface area (Å²) < 4.78 is 1.71. The molecule has 1 aromatic heterocycles. The quantitative estimate of drug-likeness (QED) is 0.776. The van der Waals surface area contributed by atoms with Crippen molar-refractivity contribution < 1.29 is 5.11 Å². The summed E-state index contributed by atoms with van der Waals surface area (Å²) in [6.07, 6.45) is 3.89. The molecule has 0 radical (unpaired) electrons. The molecule has 1 heterocycles. The maximum absolute atomic E-state index is 9.87. The second kappa shape index (κ2) is 4.57. The Bertz CT molecular complexity index is 283. The number of hydrogen-bond donors (Lipinski definition) is 1. The Balaban J connectivity index is 2.54. The van der Waals surface area contributed by atoms with E-state index in [4.69, 9.17) is 0 Å². The first-order valence-electron chi connectivity index (χ1n) is 4.83. The van der Waals surface area contributed by atoms with Crippen LogP contribution in [0.5, 0.6) is 0 Å². The van der Waals surface area contributed by atoms with Crippen molar-refractivity contribution in [3.05, 3.63) is 18.0 Å². The van der Waals surface area contributed by atoms with Gasteiger partial charge in [0.15, 0.2) is 0 Å². The molecule has 0 bridgehead atoms. The molecule has 0 aliphatic carbocycles. The van der Waals surface area contributed by atoms with Gasteiger partial charge in [0, 0.05) is 24.8 Å². The Morgan fingerprint density at radius 3 is 2.64 bits per heavy atom. The van der Waals surface area contributed by atoms with Crippen LogP contribution in [0.15, 0.2) is 12.4 Å². The van der Waals surface area contributed by atoms with Crippen LogP contribution in [0.1, 0.15) is 25.0 Å². The highest BCUT2D eigenvalue weighted by Crippen LogP contribution is 2.18. The summed E-state index contributed by atoms with van der Waals surface area (Å²) in [5.41, 5.74) is 0.890. The molecule has 0 fully saturated rings. The number of hydrogen-bond acceptors (Lipinski definition) is 3. The van der Waals surface area contributed by atoms with Crippen LogP contribution in [-0.4, -0.2) is 39.9 Å². The molecular weight excluding hydrogens is 178 g/mol. The Morgan fingerprint density at radius 1 is 1.57 bits per heavy atom. The summed E-state index contributed by atoms with van der Waals surface area (Å²) in [4.78, 5) is 2.10. The molecule has 0 amide bonds. The molecular formula is C10H19N3O. The summed E-state index contributed by atoms with van der Waals surface area (Å²) in [5, 5.41) is 13.9. The largest absolute Gasteiger partial charge is 0.388 e. The lowest BCUT2D eigenvalue weighted by Crippen LogP contribution is -2.26. The van der Waals surface area contributed by atoms with Gasteiger partial charge in [-0.3, -0.25) is 4.68 Å². The van der Waals surface area contributed by atoms with Gasteiger partial charge < -0.3 is 10.0 Å². The molecule has 0 saturated carbocycles. The summed E-state index contributed by atoms with van der Waals surface area (Å²) in [5.74, 6) is 0. The fourth-order valence-electron chi connectivity index (χ4n) is 1.28. The molecule has 4 nitrogen and oxygen atoms in total. The third-order valence-electron chi connectivity index (χ3n) is 2.56. The molecule has 1 aromatic rings. The van der Waals surface area contributed by atoms with Gasteiger partial charge in [-0.05, 0) is 27.4 Å². The summed E-state index contributed by atoms with van der Waals surface area (Å²) >= 11 is 0. The maximum atomic E-state index is 9.87. The van der Waals surface area contributed by atoms with Gasteiger partial charge in [0.05, 0.1) is 12.3 Å². The molecule has 0 aliphatic rings. The van der Waals surface area contributed by atoms with E-state index >= 15 is 0 Å². The van der Waals surface area contributed by atoms with Gasteiger partial charge in [0.2, 0.25) is 0 Å². The zero-order valence-electron chi connectivity index (χ0n) is 9.31. The van der Waals surface area contributed by atoms with Crippen LogP contribution >= 0.6 is 0 Å². The van der Waals surface area contributed by atoms with Gasteiger partial charge >= 0.3 is 0 Å². The molecule has 0 aliphatic heterocycles. The lowest BCUT2D eigenvalue weighted by atomic mass is 10.1. The average Bonchev–Trinajstić information content (AvgIpc) is 2.51.